The third kappa shape index (κ3) is 14.1. The molecular weight excluding hydrogens is 1010 g/mol. The van der Waals surface area contributed by atoms with Gasteiger partial charge in [0.1, 0.15) is 42.2 Å². The number of carbonyl (C=O) groups excluding carboxylic acids is 12. The van der Waals surface area contributed by atoms with Crippen molar-refractivity contribution in [3.05, 3.63) is 77.9 Å². The number of β-lactam (4-membered cyclic amide) rings is 1. The highest BCUT2D eigenvalue weighted by molar-refractivity contribution is 8.01. The van der Waals surface area contributed by atoms with Gasteiger partial charge in [-0.05, 0) is 75.6 Å². The van der Waals surface area contributed by atoms with Crippen LogP contribution in [0.25, 0.3) is 0 Å². The fourth-order valence-corrected chi connectivity index (χ4v) is 10.7. The molecule has 0 bridgehead atoms. The standard InChI is InChI=1S/C51H65N11O13S/c1-6-59-26-27-61(46(71)45(59)70)50(74)58-38(31-14-9-7-10-15-31)43(68)57-39-44(69)62-40(51(4,5)76-47(39)62)48(72)75-28-30-18-20-32(21-19-30)54-41(66)33(16-13-24-53-49(52)73)55-42(67)37(29(2)3)56-34(63)17-11-8-12-25-60-35(64)22-23-36(60)65/h7,9-10,14-15,18-23,29,33,37-40,47H,6,8,11-13,16-17,24-28H2,1-5H3,(H,54,66)(H,55,67)(H,56,63)(H,57,68)(H,58,74)(H3,52,53,73)/t33-,37-,38+,39+,40-,47+/m0/s1. The number of hydrogen-bond donors (Lipinski definition) is 7. The van der Waals surface area contributed by atoms with Gasteiger partial charge in [-0.1, -0.05) is 62.7 Å². The topological polar surface area (TPSA) is 325 Å². The van der Waals surface area contributed by atoms with Crippen LogP contribution in [0.1, 0.15) is 90.3 Å². The number of nitrogens with one attached hydrogen (secondary N) is 6. The molecule has 2 aromatic carbocycles. The van der Waals surface area contributed by atoms with Gasteiger partial charge < -0.3 is 52.2 Å². The summed E-state index contributed by atoms with van der Waals surface area (Å²) in [5.41, 5.74) is 6.43. The summed E-state index contributed by atoms with van der Waals surface area (Å²) in [6, 6.07) is 7.25. The fraction of sp³-hybridized carbons (Fsp3) is 0.490. The Morgan fingerprint density at radius 2 is 1.49 bits per heavy atom. The van der Waals surface area contributed by atoms with Crippen LogP contribution in [0.2, 0.25) is 0 Å². The Morgan fingerprint density at radius 3 is 2.13 bits per heavy atom. The number of anilines is 1. The summed E-state index contributed by atoms with van der Waals surface area (Å²) in [5, 5.41) is 15.3. The average molecular weight is 1070 g/mol. The number of primary amides is 1. The molecule has 3 saturated heterocycles. The third-order valence-corrected chi connectivity index (χ3v) is 14.8. The minimum atomic E-state index is -1.35. The summed E-state index contributed by atoms with van der Waals surface area (Å²) in [6.07, 6.45) is 4.36. The predicted octanol–water partition coefficient (Wildman–Crippen LogP) is 0.917. The average Bonchev–Trinajstić information content (AvgIpc) is 3.87. The van der Waals surface area contributed by atoms with Crippen LogP contribution >= 0.6 is 11.8 Å². The van der Waals surface area contributed by atoms with E-state index in [1.807, 2.05) is 0 Å². The molecule has 3 fully saturated rings. The number of esters is 1. The number of fused-ring (bicyclic) bond motifs is 1. The Kier molecular flexibility index (Phi) is 19.4. The first-order valence-electron chi connectivity index (χ1n) is 25.1. The number of carbonyl (C=O) groups is 12. The fourth-order valence-electron chi connectivity index (χ4n) is 9.04. The van der Waals surface area contributed by atoms with Gasteiger partial charge in [0, 0.05) is 61.7 Å². The Hall–Kier alpha value is -7.83. The number of benzene rings is 2. The largest absolute Gasteiger partial charge is 0.459 e. The number of imide groups is 2. The monoisotopic (exact) mass is 1070 g/mol. The van der Waals surface area contributed by atoms with Crippen molar-refractivity contribution in [1.82, 2.24) is 46.2 Å². The molecule has 4 heterocycles. The number of nitrogens with two attached hydrogens (primary N) is 1. The van der Waals surface area contributed by atoms with E-state index in [1.165, 1.54) is 33.7 Å². The highest BCUT2D eigenvalue weighted by Crippen LogP contribution is 2.51. The van der Waals surface area contributed by atoms with Crippen molar-refractivity contribution < 1.29 is 62.3 Å². The lowest BCUT2D eigenvalue weighted by atomic mass is 9.95. The van der Waals surface area contributed by atoms with Gasteiger partial charge in [-0.2, -0.15) is 0 Å². The molecule has 0 unspecified atom stereocenters. The molecule has 6 rings (SSSR count). The molecule has 0 spiro atoms. The molecule has 0 radical (unpaired) electrons. The zero-order chi connectivity index (χ0) is 55.4. The van der Waals surface area contributed by atoms with Crippen LogP contribution in [0.15, 0.2) is 66.7 Å². The molecule has 0 saturated carbocycles. The van der Waals surface area contributed by atoms with Gasteiger partial charge in [0.2, 0.25) is 29.5 Å². The van der Waals surface area contributed by atoms with Crippen LogP contribution in [0.4, 0.5) is 15.3 Å². The van der Waals surface area contributed by atoms with E-state index < -0.39 is 99.7 Å². The van der Waals surface area contributed by atoms with Crippen molar-refractivity contribution in [3.63, 3.8) is 0 Å². The minimum Gasteiger partial charge on any atom is -0.459 e. The van der Waals surface area contributed by atoms with Crippen LogP contribution in [-0.2, 0) is 59.3 Å². The van der Waals surface area contributed by atoms with Crippen LogP contribution in [0.5, 0.6) is 0 Å². The number of likely N-dealkylation sites (N-methyl/N-ethyl adjacent to an activating group) is 1. The Morgan fingerprint density at radius 1 is 0.803 bits per heavy atom. The van der Waals surface area contributed by atoms with E-state index >= 15 is 0 Å². The summed E-state index contributed by atoms with van der Waals surface area (Å²) >= 11 is 1.29. The Labute approximate surface area is 443 Å². The van der Waals surface area contributed by atoms with Crippen molar-refractivity contribution in [2.45, 2.75) is 120 Å². The molecule has 13 amide bonds. The van der Waals surface area contributed by atoms with Gasteiger partial charge in [-0.15, -0.1) is 11.8 Å². The van der Waals surface area contributed by atoms with Gasteiger partial charge in [0.05, 0.1) is 0 Å². The molecule has 76 heavy (non-hydrogen) atoms. The van der Waals surface area contributed by atoms with E-state index in [4.69, 9.17) is 10.5 Å². The van der Waals surface area contributed by atoms with Crippen LogP contribution in [-0.4, -0.2) is 158 Å². The lowest BCUT2D eigenvalue weighted by molar-refractivity contribution is -0.165. The molecule has 4 aliphatic heterocycles. The summed E-state index contributed by atoms with van der Waals surface area (Å²) in [7, 11) is 0. The summed E-state index contributed by atoms with van der Waals surface area (Å²) < 4.78 is 4.86. The van der Waals surface area contributed by atoms with E-state index in [-0.39, 0.29) is 76.3 Å². The molecule has 24 nitrogen and oxygen atoms in total. The highest BCUT2D eigenvalue weighted by Gasteiger charge is 2.64. The number of amides is 13. The maximum absolute atomic E-state index is 13.9. The van der Waals surface area contributed by atoms with E-state index in [0.29, 0.717) is 36.1 Å². The number of rotatable bonds is 24. The number of ether oxygens (including phenoxy) is 1. The lowest BCUT2D eigenvalue weighted by Crippen LogP contribution is -2.71. The van der Waals surface area contributed by atoms with Gasteiger partial charge in [-0.25, -0.2) is 14.4 Å². The number of thioether (sulfide) groups is 1. The molecule has 2 aromatic rings. The number of urea groups is 2. The van der Waals surface area contributed by atoms with Crippen molar-refractivity contribution >= 4 is 88.6 Å². The zero-order valence-corrected chi connectivity index (χ0v) is 43.8. The molecule has 6 atom stereocenters. The van der Waals surface area contributed by atoms with Crippen molar-refractivity contribution in [1.29, 1.82) is 0 Å². The normalized spacial score (nSPS) is 19.8. The SMILES string of the molecule is CCN1CCN(C(=O)N[C@@H](C(=O)N[C@@H]2C(=O)N3[C@@H]2SC(C)(C)[C@@H]3C(=O)OCc2ccc(NC(=O)[C@H](CCCNC(N)=O)NC(=O)[C@@H](NC(=O)CCCCCN3C(=O)C=CC3=O)C(C)C)cc2)c2ccccc2)C(=O)C1=O. The van der Waals surface area contributed by atoms with Gasteiger partial charge in [-0.3, -0.25) is 53.0 Å². The van der Waals surface area contributed by atoms with Gasteiger partial charge >= 0.3 is 29.8 Å². The van der Waals surface area contributed by atoms with Gasteiger partial charge in [0.15, 0.2) is 0 Å². The van der Waals surface area contributed by atoms with Crippen molar-refractivity contribution in [3.8, 4) is 0 Å². The van der Waals surface area contributed by atoms with E-state index in [1.54, 1.807) is 89.2 Å². The zero-order valence-electron chi connectivity index (χ0n) is 43.0. The van der Waals surface area contributed by atoms with E-state index in [9.17, 15) is 57.5 Å². The molecule has 408 valence electrons. The second kappa shape index (κ2) is 25.6. The molecule has 8 N–H and O–H groups in total. The second-order valence-corrected chi connectivity index (χ2v) is 21.2. The van der Waals surface area contributed by atoms with E-state index in [2.05, 4.69) is 31.9 Å². The molecular formula is C51H65N11O13S. The minimum absolute atomic E-state index is 0.0754. The number of unbranched alkanes of at least 4 members (excludes halogenated alkanes) is 2. The van der Waals surface area contributed by atoms with Gasteiger partial charge in [0.25, 0.3) is 11.8 Å². The lowest BCUT2D eigenvalue weighted by Gasteiger charge is -2.44. The molecule has 0 aromatic heterocycles. The third-order valence-electron chi connectivity index (χ3n) is 13.2. The quantitative estimate of drug-likeness (QED) is 0.0253. The predicted molar refractivity (Wildman–Crippen MR) is 274 cm³/mol. The summed E-state index contributed by atoms with van der Waals surface area (Å²) in [5.74, 6) is -6.57. The number of nitrogens with zero attached hydrogens (tertiary/aromatic N) is 4. The number of hydrogen-bond acceptors (Lipinski definition) is 14. The van der Waals surface area contributed by atoms with Crippen molar-refractivity contribution in [2.75, 3.05) is 38.0 Å². The Balaban J connectivity index is 1.01. The first-order chi connectivity index (χ1) is 36.1. The number of piperazine rings is 1. The maximum Gasteiger partial charge on any atom is 0.330 e. The smallest absolute Gasteiger partial charge is 0.330 e. The first-order valence-corrected chi connectivity index (χ1v) is 26.0. The highest BCUT2D eigenvalue weighted by atomic mass is 32.2. The van der Waals surface area contributed by atoms with Crippen LogP contribution < -0.4 is 37.6 Å². The van der Waals surface area contributed by atoms with Crippen LogP contribution in [0.3, 0.4) is 0 Å². The Bertz CT molecular complexity index is 2600. The molecule has 25 heteroatoms. The van der Waals surface area contributed by atoms with Crippen molar-refractivity contribution in [2.24, 2.45) is 11.7 Å². The molecule has 0 aliphatic carbocycles. The summed E-state index contributed by atoms with van der Waals surface area (Å²) in [4.78, 5) is 160. The maximum atomic E-state index is 13.9. The summed E-state index contributed by atoms with van der Waals surface area (Å²) in [6.45, 7) is 9.22. The van der Waals surface area contributed by atoms with Crippen LogP contribution in [0, 0.1) is 5.92 Å². The molecule has 4 aliphatic rings. The van der Waals surface area contributed by atoms with E-state index in [0.717, 1.165) is 9.80 Å². The second-order valence-electron chi connectivity index (χ2n) is 19.4. The first kappa shape index (κ1) is 57.4.